The Hall–Kier alpha value is -3.27. The molecule has 0 radical (unpaired) electrons. The fraction of sp³-hybridized carbons (Fsp3) is 0.292. The van der Waals surface area contributed by atoms with Crippen LogP contribution < -0.4 is 5.32 Å². The summed E-state index contributed by atoms with van der Waals surface area (Å²) in [4.78, 5) is 25.8. The van der Waals surface area contributed by atoms with Gasteiger partial charge < -0.3 is 15.5 Å². The van der Waals surface area contributed by atoms with Crippen LogP contribution in [0.25, 0.3) is 5.57 Å². The third kappa shape index (κ3) is 3.04. The fourth-order valence-corrected chi connectivity index (χ4v) is 4.36. The number of nitrogens with one attached hydrogen (secondary N) is 1. The minimum absolute atomic E-state index is 0.0550. The van der Waals surface area contributed by atoms with Crippen LogP contribution >= 0.6 is 0 Å². The summed E-state index contributed by atoms with van der Waals surface area (Å²) in [5.74, 6) is -0.438. The van der Waals surface area contributed by atoms with Gasteiger partial charge >= 0.3 is 0 Å². The number of carbonyl (C=O) groups excluding carboxylic acids is 2. The molecule has 0 heterocycles. The van der Waals surface area contributed by atoms with Crippen LogP contribution in [0.5, 0.6) is 0 Å². The number of fused-ring (bicyclic) bond motifs is 3. The first-order valence-electron chi connectivity index (χ1n) is 9.81. The molecule has 0 spiro atoms. The van der Waals surface area contributed by atoms with E-state index in [9.17, 15) is 20.0 Å². The highest BCUT2D eigenvalue weighted by Crippen LogP contribution is 2.49. The van der Waals surface area contributed by atoms with Crippen LogP contribution in [0.3, 0.4) is 0 Å². The van der Waals surface area contributed by atoms with Gasteiger partial charge in [-0.05, 0) is 59.0 Å². The van der Waals surface area contributed by atoms with E-state index < -0.39 is 18.1 Å². The molecule has 2 aliphatic rings. The molecule has 0 bridgehead atoms. The van der Waals surface area contributed by atoms with Gasteiger partial charge in [0.1, 0.15) is 0 Å². The number of carbonyl (C=O) groups is 2. The Morgan fingerprint density at radius 1 is 1.23 bits per heavy atom. The van der Waals surface area contributed by atoms with Crippen molar-refractivity contribution in [3.8, 4) is 6.07 Å². The largest absolute Gasteiger partial charge is 0.394 e. The zero-order valence-electron chi connectivity index (χ0n) is 16.8. The van der Waals surface area contributed by atoms with E-state index >= 15 is 0 Å². The van der Waals surface area contributed by atoms with Crippen molar-refractivity contribution in [1.82, 2.24) is 5.32 Å². The number of benzene rings is 2. The maximum Gasteiger partial charge on any atom is 0.251 e. The molecule has 0 saturated heterocycles. The molecule has 3 N–H and O–H groups in total. The summed E-state index contributed by atoms with van der Waals surface area (Å²) >= 11 is 0. The number of Topliss-reactive ketones (excluding diaryl/α,β-unsaturated/α-hetero) is 1. The minimum atomic E-state index is -1.02. The van der Waals surface area contributed by atoms with Gasteiger partial charge in [0.25, 0.3) is 5.91 Å². The van der Waals surface area contributed by atoms with E-state index in [1.54, 1.807) is 24.3 Å². The number of amides is 1. The molecule has 2 aliphatic carbocycles. The lowest BCUT2D eigenvalue weighted by Crippen LogP contribution is -2.35. The number of hydrogen-bond donors (Lipinski definition) is 3. The number of rotatable bonds is 4. The van der Waals surface area contributed by atoms with Crippen molar-refractivity contribution >= 4 is 17.3 Å². The number of aliphatic hydroxyl groups is 2. The van der Waals surface area contributed by atoms with Crippen LogP contribution in [-0.2, 0) is 11.8 Å². The van der Waals surface area contributed by atoms with Crippen LogP contribution in [0, 0.1) is 11.3 Å². The monoisotopic (exact) mass is 402 g/mol. The minimum Gasteiger partial charge on any atom is -0.394 e. The molecule has 6 heteroatoms. The van der Waals surface area contributed by atoms with E-state index in [-0.39, 0.29) is 18.2 Å². The van der Waals surface area contributed by atoms with Crippen molar-refractivity contribution in [2.75, 3.05) is 13.2 Å². The highest BCUT2D eigenvalue weighted by atomic mass is 16.3. The van der Waals surface area contributed by atoms with Crippen molar-refractivity contribution < 1.29 is 19.8 Å². The molecule has 0 aliphatic heterocycles. The van der Waals surface area contributed by atoms with Gasteiger partial charge in [-0.3, -0.25) is 9.59 Å². The second-order valence-electron chi connectivity index (χ2n) is 8.27. The van der Waals surface area contributed by atoms with Crippen molar-refractivity contribution in [3.63, 3.8) is 0 Å². The smallest absolute Gasteiger partial charge is 0.251 e. The van der Waals surface area contributed by atoms with Crippen molar-refractivity contribution in [1.29, 1.82) is 5.26 Å². The summed E-state index contributed by atoms with van der Waals surface area (Å²) in [7, 11) is 0. The van der Waals surface area contributed by atoms with Crippen LogP contribution in [0.1, 0.15) is 56.8 Å². The number of hydrogen-bond acceptors (Lipinski definition) is 5. The number of allylic oxidation sites excluding steroid dienone is 2. The van der Waals surface area contributed by atoms with Gasteiger partial charge in [0.05, 0.1) is 24.3 Å². The van der Waals surface area contributed by atoms with Gasteiger partial charge in [-0.1, -0.05) is 19.9 Å². The van der Waals surface area contributed by atoms with Gasteiger partial charge in [0, 0.05) is 28.7 Å². The molecule has 4 rings (SSSR count). The molecule has 0 saturated carbocycles. The van der Waals surface area contributed by atoms with Crippen LogP contribution in [-0.4, -0.2) is 41.2 Å². The standard InChI is InChI=1S/C24H22N2O4/c1-24(2)19-8-14(23(30)26-11-16(28)12-27)4-6-18(19)22(29)21-17-5-3-13(10-25)7-15(17)9-20(21)24/h3-8,16,27-28H,9,11-12H2,1-2H3,(H,26,30)/t16-/m1/s1. The predicted octanol–water partition coefficient (Wildman–Crippen LogP) is 2.13. The maximum absolute atomic E-state index is 13.4. The van der Waals surface area contributed by atoms with E-state index in [0.29, 0.717) is 28.7 Å². The number of aliphatic hydroxyl groups excluding tert-OH is 2. The zero-order chi connectivity index (χ0) is 21.6. The Morgan fingerprint density at radius 3 is 2.67 bits per heavy atom. The van der Waals surface area contributed by atoms with Crippen molar-refractivity contribution in [3.05, 3.63) is 75.4 Å². The fourth-order valence-electron chi connectivity index (χ4n) is 4.36. The molecular weight excluding hydrogens is 380 g/mol. The molecule has 0 unspecified atom stereocenters. The Morgan fingerprint density at radius 2 is 1.97 bits per heavy atom. The SMILES string of the molecule is CC1(C)C2=C(C(=O)c3ccc(C(=O)NC[C@@H](O)CO)cc31)c1ccc(C#N)cc1C2. The second-order valence-corrected chi connectivity index (χ2v) is 8.27. The lowest BCUT2D eigenvalue weighted by atomic mass is 9.68. The first-order chi connectivity index (χ1) is 14.3. The average Bonchev–Trinajstić information content (AvgIpc) is 3.15. The highest BCUT2D eigenvalue weighted by Gasteiger charge is 2.43. The van der Waals surface area contributed by atoms with E-state index in [1.807, 2.05) is 26.0 Å². The molecule has 2 aromatic carbocycles. The number of nitriles is 1. The van der Waals surface area contributed by atoms with E-state index in [0.717, 1.165) is 22.3 Å². The molecular formula is C24H22N2O4. The van der Waals surface area contributed by atoms with Gasteiger partial charge in [0.2, 0.25) is 0 Å². The maximum atomic E-state index is 13.4. The van der Waals surface area contributed by atoms with Gasteiger partial charge in [-0.25, -0.2) is 0 Å². The van der Waals surface area contributed by atoms with E-state index in [2.05, 4.69) is 11.4 Å². The van der Waals surface area contributed by atoms with Crippen molar-refractivity contribution in [2.45, 2.75) is 31.8 Å². The molecule has 2 aromatic rings. The highest BCUT2D eigenvalue weighted by molar-refractivity contribution is 6.33. The lowest BCUT2D eigenvalue weighted by molar-refractivity contribution is 0.0801. The molecule has 1 amide bonds. The third-order valence-corrected chi connectivity index (χ3v) is 6.06. The van der Waals surface area contributed by atoms with E-state index in [4.69, 9.17) is 5.11 Å². The lowest BCUT2D eigenvalue weighted by Gasteiger charge is -2.34. The number of nitrogens with zero attached hydrogens (tertiary/aromatic N) is 1. The zero-order valence-corrected chi connectivity index (χ0v) is 16.8. The summed E-state index contributed by atoms with van der Waals surface area (Å²) in [6.07, 6.45) is -0.426. The van der Waals surface area contributed by atoms with Crippen molar-refractivity contribution in [2.24, 2.45) is 0 Å². The summed E-state index contributed by atoms with van der Waals surface area (Å²) in [5.41, 5.74) is 5.42. The topological polar surface area (TPSA) is 110 Å². The Labute approximate surface area is 174 Å². The molecule has 1 atom stereocenters. The Balaban J connectivity index is 1.73. The Bertz CT molecular complexity index is 1150. The summed E-state index contributed by atoms with van der Waals surface area (Å²) in [5, 5.41) is 30.2. The normalized spacial score (nSPS) is 17.0. The molecule has 152 valence electrons. The molecule has 6 nitrogen and oxygen atoms in total. The Kier molecular flexibility index (Phi) is 4.81. The second kappa shape index (κ2) is 7.21. The van der Waals surface area contributed by atoms with Crippen LogP contribution in [0.2, 0.25) is 0 Å². The van der Waals surface area contributed by atoms with Gasteiger partial charge in [-0.15, -0.1) is 0 Å². The first kappa shape index (κ1) is 20.0. The summed E-state index contributed by atoms with van der Waals surface area (Å²) in [6, 6.07) is 12.6. The van der Waals surface area contributed by atoms with Crippen LogP contribution in [0.4, 0.5) is 0 Å². The van der Waals surface area contributed by atoms with Crippen LogP contribution in [0.15, 0.2) is 42.0 Å². The summed E-state index contributed by atoms with van der Waals surface area (Å²) < 4.78 is 0. The van der Waals surface area contributed by atoms with Gasteiger partial charge in [0.15, 0.2) is 5.78 Å². The predicted molar refractivity (Wildman–Crippen MR) is 111 cm³/mol. The number of ketones is 1. The third-order valence-electron chi connectivity index (χ3n) is 6.06. The molecule has 30 heavy (non-hydrogen) atoms. The molecule has 0 fully saturated rings. The first-order valence-corrected chi connectivity index (χ1v) is 9.81. The average molecular weight is 402 g/mol. The quantitative estimate of drug-likeness (QED) is 0.726. The molecule has 0 aromatic heterocycles. The summed E-state index contributed by atoms with van der Waals surface area (Å²) in [6.45, 7) is 3.60. The van der Waals surface area contributed by atoms with Gasteiger partial charge in [-0.2, -0.15) is 5.26 Å². The van der Waals surface area contributed by atoms with E-state index in [1.165, 1.54) is 0 Å².